The van der Waals surface area contributed by atoms with Crippen LogP contribution in [0.4, 0.5) is 0 Å². The number of hydrogen-bond acceptors (Lipinski definition) is 2. The van der Waals surface area contributed by atoms with Crippen LogP contribution in [0.2, 0.25) is 0 Å². The van der Waals surface area contributed by atoms with Crippen molar-refractivity contribution < 1.29 is 0 Å². The monoisotopic (exact) mass is 449 g/mol. The molecule has 2 N–H and O–H groups in total. The Kier molecular flexibility index (Phi) is 12.2. The van der Waals surface area contributed by atoms with E-state index in [1.165, 1.54) is 5.56 Å². The van der Waals surface area contributed by atoms with Crippen LogP contribution in [-0.2, 0) is 13.6 Å². The Balaban J connectivity index is 0.00000529. The van der Waals surface area contributed by atoms with Crippen molar-refractivity contribution in [3.05, 3.63) is 24.0 Å². The van der Waals surface area contributed by atoms with Crippen LogP contribution in [0.3, 0.4) is 0 Å². The van der Waals surface area contributed by atoms with Crippen LogP contribution in [0.5, 0.6) is 0 Å². The Morgan fingerprint density at radius 1 is 1.21 bits per heavy atom. The molecule has 24 heavy (non-hydrogen) atoms. The van der Waals surface area contributed by atoms with E-state index in [0.717, 1.165) is 32.0 Å². The Morgan fingerprint density at radius 2 is 1.88 bits per heavy atom. The van der Waals surface area contributed by atoms with Crippen LogP contribution in [0.15, 0.2) is 23.5 Å². The van der Waals surface area contributed by atoms with E-state index in [1.807, 2.05) is 7.05 Å². The maximum absolute atomic E-state index is 4.65. The molecule has 1 aromatic heterocycles. The lowest BCUT2D eigenvalue weighted by atomic mass is 10.2. The highest BCUT2D eigenvalue weighted by molar-refractivity contribution is 14.0. The van der Waals surface area contributed by atoms with Gasteiger partial charge in [0.2, 0.25) is 0 Å². The molecule has 140 valence electrons. The van der Waals surface area contributed by atoms with E-state index in [0.29, 0.717) is 18.6 Å². The number of halogens is 1. The zero-order valence-corrected chi connectivity index (χ0v) is 18.5. The van der Waals surface area contributed by atoms with Gasteiger partial charge in [0, 0.05) is 51.2 Å². The highest BCUT2D eigenvalue weighted by atomic mass is 127. The number of aliphatic imine (C=N–C) groups is 1. The van der Waals surface area contributed by atoms with Crippen molar-refractivity contribution in [2.75, 3.05) is 19.6 Å². The quantitative estimate of drug-likeness (QED) is 0.264. The van der Waals surface area contributed by atoms with Gasteiger partial charge in [-0.05, 0) is 52.7 Å². The number of hydrogen-bond donors (Lipinski definition) is 2. The fourth-order valence-corrected chi connectivity index (χ4v) is 2.75. The van der Waals surface area contributed by atoms with Crippen molar-refractivity contribution in [1.29, 1.82) is 0 Å². The van der Waals surface area contributed by atoms with Gasteiger partial charge in [0.15, 0.2) is 5.96 Å². The van der Waals surface area contributed by atoms with E-state index >= 15 is 0 Å². The van der Waals surface area contributed by atoms with E-state index in [4.69, 9.17) is 0 Å². The van der Waals surface area contributed by atoms with Crippen LogP contribution in [0, 0.1) is 0 Å². The van der Waals surface area contributed by atoms with Crippen LogP contribution >= 0.6 is 24.0 Å². The van der Waals surface area contributed by atoms with Crippen molar-refractivity contribution >= 4 is 29.9 Å². The summed E-state index contributed by atoms with van der Waals surface area (Å²) < 4.78 is 2.05. The first-order chi connectivity index (χ1) is 10.9. The third-order valence-corrected chi connectivity index (χ3v) is 3.87. The normalized spacial score (nSPS) is 12.0. The molecule has 0 radical (unpaired) electrons. The molecule has 0 amide bonds. The Hall–Kier alpha value is -0.760. The fraction of sp³-hybridized carbons (Fsp3) is 0.722. The lowest BCUT2D eigenvalue weighted by molar-refractivity contribution is 0.173. The molecule has 0 spiro atoms. The summed E-state index contributed by atoms with van der Waals surface area (Å²) in [7, 11) is 2.03. The molecule has 0 aliphatic heterocycles. The van der Waals surface area contributed by atoms with E-state index in [9.17, 15) is 0 Å². The van der Waals surface area contributed by atoms with Crippen LogP contribution in [0.1, 0.15) is 46.6 Å². The number of rotatable bonds is 9. The fourth-order valence-electron chi connectivity index (χ4n) is 2.75. The summed E-state index contributed by atoms with van der Waals surface area (Å²) in [4.78, 5) is 7.17. The minimum atomic E-state index is 0. The molecule has 0 saturated carbocycles. The maximum atomic E-state index is 4.65. The van der Waals surface area contributed by atoms with Crippen LogP contribution < -0.4 is 10.6 Å². The van der Waals surface area contributed by atoms with Crippen molar-refractivity contribution in [1.82, 2.24) is 20.1 Å². The molecule has 1 rings (SSSR count). The molecule has 0 saturated heterocycles. The topological polar surface area (TPSA) is 44.6 Å². The summed E-state index contributed by atoms with van der Waals surface area (Å²) in [6.45, 7) is 14.8. The van der Waals surface area contributed by atoms with Gasteiger partial charge >= 0.3 is 0 Å². The Bertz CT molecular complexity index is 460. The average molecular weight is 449 g/mol. The van der Waals surface area contributed by atoms with E-state index < -0.39 is 0 Å². The molecule has 0 bridgehead atoms. The van der Waals surface area contributed by atoms with Gasteiger partial charge in [-0.2, -0.15) is 0 Å². The van der Waals surface area contributed by atoms with Gasteiger partial charge in [-0.1, -0.05) is 0 Å². The molecule has 6 heteroatoms. The molecule has 0 aromatic carbocycles. The summed E-state index contributed by atoms with van der Waals surface area (Å²) in [5.41, 5.74) is 1.23. The molecule has 5 nitrogen and oxygen atoms in total. The van der Waals surface area contributed by atoms with Crippen molar-refractivity contribution in [2.45, 2.75) is 59.7 Å². The van der Waals surface area contributed by atoms with Gasteiger partial charge in [-0.15, -0.1) is 24.0 Å². The Morgan fingerprint density at radius 3 is 2.38 bits per heavy atom. The van der Waals surface area contributed by atoms with Crippen molar-refractivity contribution in [3.63, 3.8) is 0 Å². The largest absolute Gasteiger partial charge is 0.357 e. The highest BCUT2D eigenvalue weighted by Gasteiger charge is 2.12. The molecule has 1 heterocycles. The second-order valence-corrected chi connectivity index (χ2v) is 6.59. The number of aryl methyl sites for hydroxylation is 1. The summed E-state index contributed by atoms with van der Waals surface area (Å²) in [5, 5.41) is 6.75. The first-order valence-corrected chi connectivity index (χ1v) is 8.82. The van der Waals surface area contributed by atoms with Gasteiger partial charge in [-0.25, -0.2) is 4.99 Å². The molecule has 0 atom stereocenters. The number of guanidine groups is 1. The van der Waals surface area contributed by atoms with Gasteiger partial charge in [0.25, 0.3) is 0 Å². The predicted molar refractivity (Wildman–Crippen MR) is 115 cm³/mol. The zero-order chi connectivity index (χ0) is 17.2. The molecule has 0 aliphatic carbocycles. The smallest absolute Gasteiger partial charge is 0.191 e. The summed E-state index contributed by atoms with van der Waals surface area (Å²) in [6, 6.07) is 3.29. The summed E-state index contributed by atoms with van der Waals surface area (Å²) in [5.74, 6) is 0.900. The van der Waals surface area contributed by atoms with E-state index in [-0.39, 0.29) is 24.0 Å². The van der Waals surface area contributed by atoms with Crippen LogP contribution in [0.25, 0.3) is 0 Å². The highest BCUT2D eigenvalue weighted by Crippen LogP contribution is 2.05. The minimum Gasteiger partial charge on any atom is -0.357 e. The molecular formula is C18H36IN5. The zero-order valence-electron chi connectivity index (χ0n) is 16.2. The van der Waals surface area contributed by atoms with E-state index in [2.05, 4.69) is 78.2 Å². The first kappa shape index (κ1) is 23.2. The predicted octanol–water partition coefficient (Wildman–Crippen LogP) is 3.21. The Labute approximate surface area is 165 Å². The lowest BCUT2D eigenvalue weighted by Crippen LogP contribution is -2.41. The van der Waals surface area contributed by atoms with Gasteiger partial charge in [0.1, 0.15) is 0 Å². The molecular weight excluding hydrogens is 413 g/mol. The maximum Gasteiger partial charge on any atom is 0.191 e. The van der Waals surface area contributed by atoms with Crippen molar-refractivity contribution in [3.8, 4) is 0 Å². The number of aromatic nitrogens is 1. The molecule has 0 unspecified atom stereocenters. The first-order valence-electron chi connectivity index (χ1n) is 8.82. The third-order valence-electron chi connectivity index (χ3n) is 3.87. The second kappa shape index (κ2) is 12.6. The second-order valence-electron chi connectivity index (χ2n) is 6.59. The minimum absolute atomic E-state index is 0. The summed E-state index contributed by atoms with van der Waals surface area (Å²) in [6.07, 6.45) is 5.28. The summed E-state index contributed by atoms with van der Waals surface area (Å²) >= 11 is 0. The molecule has 1 aromatic rings. The SMILES string of the molecule is CCNC(=NCc1ccn(C)c1)NCCCN(C(C)C)C(C)C.I. The lowest BCUT2D eigenvalue weighted by Gasteiger charge is -2.30. The van der Waals surface area contributed by atoms with Gasteiger partial charge in [0.05, 0.1) is 6.54 Å². The average Bonchev–Trinajstić information content (AvgIpc) is 2.89. The standard InChI is InChI=1S/C18H35N5.HI/c1-7-19-18(21-13-17-9-12-22(6)14-17)20-10-8-11-23(15(2)3)16(4)5;/h9,12,14-16H,7-8,10-11,13H2,1-6H3,(H2,19,20,21);1H. The van der Waals surface area contributed by atoms with Gasteiger partial charge < -0.3 is 15.2 Å². The van der Waals surface area contributed by atoms with E-state index in [1.54, 1.807) is 0 Å². The molecule has 0 aliphatic rings. The third kappa shape index (κ3) is 8.92. The van der Waals surface area contributed by atoms with Gasteiger partial charge in [-0.3, -0.25) is 4.90 Å². The number of nitrogens with zero attached hydrogens (tertiary/aromatic N) is 3. The van der Waals surface area contributed by atoms with Crippen molar-refractivity contribution in [2.24, 2.45) is 12.0 Å². The number of nitrogens with one attached hydrogen (secondary N) is 2. The molecule has 0 fully saturated rings. The van der Waals surface area contributed by atoms with Crippen LogP contribution in [-0.4, -0.2) is 47.1 Å².